The van der Waals surface area contributed by atoms with Crippen molar-refractivity contribution in [1.29, 1.82) is 0 Å². The van der Waals surface area contributed by atoms with Crippen LogP contribution < -0.4 is 11.1 Å². The molecule has 6 aromatic carbocycles. The molecule has 7 amide bonds. The fraction of sp³-hybridized carbons (Fsp3) is 0.338. The van der Waals surface area contributed by atoms with Crippen LogP contribution in [0, 0.1) is 0 Å². The Balaban J connectivity index is 1.20. The number of hydroxylamine groups is 2. The van der Waals surface area contributed by atoms with Crippen molar-refractivity contribution in [2.45, 2.75) is 96.9 Å². The number of carbonyl (C=O) groups excluding carboxylic acids is 7. The van der Waals surface area contributed by atoms with E-state index < -0.39 is 85.3 Å². The third-order valence-electron chi connectivity index (χ3n) is 14.6. The van der Waals surface area contributed by atoms with Gasteiger partial charge in [0, 0.05) is 56.4 Å². The lowest BCUT2D eigenvalue weighted by Crippen LogP contribution is -2.64. The first-order chi connectivity index (χ1) is 39.3. The molecule has 1 fully saturated rings. The summed E-state index contributed by atoms with van der Waals surface area (Å²) in [6.07, 6.45) is 0.354. The molecule has 0 bridgehead atoms. The number of hydrogen-bond acceptors (Lipinski definition) is 9. The van der Waals surface area contributed by atoms with Crippen LogP contribution in [0.3, 0.4) is 0 Å². The van der Waals surface area contributed by atoms with E-state index in [1.807, 2.05) is 182 Å². The number of piperidine rings is 1. The summed E-state index contributed by atoms with van der Waals surface area (Å²) in [4.78, 5) is 110. The highest BCUT2D eigenvalue weighted by atomic mass is 16.5. The van der Waals surface area contributed by atoms with Gasteiger partial charge in [-0.2, -0.15) is 0 Å². The number of hydrogen-bond donors (Lipinski definition) is 2. The van der Waals surface area contributed by atoms with E-state index in [9.17, 15) is 29.2 Å². The maximum Gasteiger partial charge on any atom is 0.242 e. The van der Waals surface area contributed by atoms with E-state index >= 15 is 9.59 Å². The molecule has 1 aliphatic rings. The second kappa shape index (κ2) is 29.3. The van der Waals surface area contributed by atoms with Crippen LogP contribution in [0.15, 0.2) is 182 Å². The predicted octanol–water partition coefficient (Wildman–Crippen LogP) is 6.60. The minimum Gasteiger partial charge on any atom is -0.368 e. The molecule has 429 valence electrons. The van der Waals surface area contributed by atoms with Gasteiger partial charge < -0.3 is 40.4 Å². The standard InChI is InChI=1S/C65H76N9O8/c1-64(2)35-56(36-65(3,4)74(64)82)73(63(81)48-72(43-55-33-21-10-22-34-55)60(78)45-69(40-52-27-15-7-16-28-52)58(76)38-67-37-50-23-11-5-12-24-50)49-62(80)71(42-54-31-19-9-20-32-54)47-61(79)70(41-53-29-17-8-18-30-53)46-59(77)68(44-57(66)75)39-51-25-13-6-14-26-51/h5-34,56,67H,35-49H2,1-4H3,(H2,66,75). The zero-order valence-electron chi connectivity index (χ0n) is 47.5. The van der Waals surface area contributed by atoms with Crippen LogP contribution in [0.4, 0.5) is 0 Å². The van der Waals surface area contributed by atoms with E-state index in [-0.39, 0.29) is 64.6 Å². The molecule has 0 saturated carbocycles. The van der Waals surface area contributed by atoms with Gasteiger partial charge in [0.2, 0.25) is 41.4 Å². The summed E-state index contributed by atoms with van der Waals surface area (Å²) in [5.41, 5.74) is 8.33. The molecule has 1 radical (unpaired) electrons. The first-order valence-corrected chi connectivity index (χ1v) is 27.7. The summed E-state index contributed by atoms with van der Waals surface area (Å²) in [5.74, 6) is -3.85. The molecule has 17 nitrogen and oxygen atoms in total. The number of benzene rings is 6. The number of amides is 7. The number of carbonyl (C=O) groups is 7. The third-order valence-corrected chi connectivity index (χ3v) is 14.6. The van der Waals surface area contributed by atoms with Crippen LogP contribution in [-0.4, -0.2) is 139 Å². The summed E-state index contributed by atoms with van der Waals surface area (Å²) in [7, 11) is 0. The molecule has 0 atom stereocenters. The second-order valence-corrected chi connectivity index (χ2v) is 22.2. The quantitative estimate of drug-likeness (QED) is 0.0571. The van der Waals surface area contributed by atoms with Crippen molar-refractivity contribution >= 4 is 41.4 Å². The lowest BCUT2D eigenvalue weighted by Gasteiger charge is -2.52. The first-order valence-electron chi connectivity index (χ1n) is 27.7. The van der Waals surface area contributed by atoms with E-state index in [0.29, 0.717) is 17.7 Å². The van der Waals surface area contributed by atoms with Crippen molar-refractivity contribution in [3.05, 3.63) is 215 Å². The Kier molecular flexibility index (Phi) is 21.8. The first kappa shape index (κ1) is 61.1. The molecule has 3 N–H and O–H groups in total. The molecule has 6 aromatic rings. The Morgan fingerprint density at radius 2 is 0.671 bits per heavy atom. The summed E-state index contributed by atoms with van der Waals surface area (Å²) < 4.78 is 0. The highest BCUT2D eigenvalue weighted by molar-refractivity contribution is 5.93. The van der Waals surface area contributed by atoms with E-state index in [1.165, 1.54) is 29.4 Å². The van der Waals surface area contributed by atoms with Crippen molar-refractivity contribution in [3.8, 4) is 0 Å². The Morgan fingerprint density at radius 3 is 0.988 bits per heavy atom. The molecule has 1 heterocycles. The van der Waals surface area contributed by atoms with E-state index in [2.05, 4.69) is 5.32 Å². The van der Waals surface area contributed by atoms with Gasteiger partial charge in [-0.1, -0.05) is 182 Å². The number of nitrogens with two attached hydrogens (primary N) is 1. The average Bonchev–Trinajstić information content (AvgIpc) is 2.67. The van der Waals surface area contributed by atoms with Crippen LogP contribution in [0.5, 0.6) is 0 Å². The SMILES string of the molecule is CC1(C)CC(N(CC(=O)N(CC(=O)N(CC(=O)N(CC(N)=O)Cc2ccccc2)Cc2ccccc2)Cc2ccccc2)C(=O)CN(Cc2ccccc2)C(=O)CN(Cc2ccccc2)C(=O)CNCc2ccccc2)CC(C)(C)N1[O]. The van der Waals surface area contributed by atoms with Gasteiger partial charge in [0.05, 0.1) is 13.1 Å². The van der Waals surface area contributed by atoms with Gasteiger partial charge in [-0.05, 0) is 73.9 Å². The van der Waals surface area contributed by atoms with Gasteiger partial charge >= 0.3 is 0 Å². The summed E-state index contributed by atoms with van der Waals surface area (Å²) in [6.45, 7) is 4.92. The lowest BCUT2D eigenvalue weighted by molar-refractivity contribution is -0.293. The van der Waals surface area contributed by atoms with Crippen molar-refractivity contribution < 1.29 is 38.8 Å². The number of nitrogens with zero attached hydrogens (tertiary/aromatic N) is 7. The molecule has 1 aliphatic heterocycles. The smallest absolute Gasteiger partial charge is 0.242 e. The molecule has 17 heteroatoms. The van der Waals surface area contributed by atoms with Gasteiger partial charge in [0.1, 0.15) is 32.7 Å². The Hall–Kier alpha value is -8.51. The Labute approximate surface area is 481 Å². The minimum absolute atomic E-state index is 0.00433. The summed E-state index contributed by atoms with van der Waals surface area (Å²) >= 11 is 0. The molecule has 1 saturated heterocycles. The maximum absolute atomic E-state index is 15.5. The Bertz CT molecular complexity index is 3030. The molecule has 7 rings (SSSR count). The number of nitrogens with one attached hydrogen (secondary N) is 1. The van der Waals surface area contributed by atoms with Gasteiger partial charge in [0.15, 0.2) is 0 Å². The summed E-state index contributed by atoms with van der Waals surface area (Å²) in [6, 6.07) is 54.8. The van der Waals surface area contributed by atoms with Crippen molar-refractivity contribution in [3.63, 3.8) is 0 Å². The zero-order chi connectivity index (χ0) is 58.7. The Morgan fingerprint density at radius 1 is 0.402 bits per heavy atom. The molecule has 82 heavy (non-hydrogen) atoms. The highest BCUT2D eigenvalue weighted by Gasteiger charge is 2.49. The number of rotatable bonds is 27. The molecular weight excluding hydrogens is 1030 g/mol. The normalized spacial score (nSPS) is 13.8. The predicted molar refractivity (Wildman–Crippen MR) is 312 cm³/mol. The second-order valence-electron chi connectivity index (χ2n) is 22.2. The minimum atomic E-state index is -0.993. The van der Waals surface area contributed by atoms with Crippen molar-refractivity contribution in [1.82, 2.24) is 39.8 Å². The topological polar surface area (TPSA) is 200 Å². The monoisotopic (exact) mass is 1110 g/mol. The van der Waals surface area contributed by atoms with E-state index in [4.69, 9.17) is 5.73 Å². The van der Waals surface area contributed by atoms with Crippen LogP contribution in [0.25, 0.3) is 0 Å². The third kappa shape index (κ3) is 18.3. The maximum atomic E-state index is 15.5. The molecule has 0 unspecified atom stereocenters. The average molecular weight is 1110 g/mol. The summed E-state index contributed by atoms with van der Waals surface area (Å²) in [5, 5.41) is 18.1. The zero-order valence-corrected chi connectivity index (χ0v) is 47.5. The van der Waals surface area contributed by atoms with Gasteiger partial charge in [-0.15, -0.1) is 10.3 Å². The lowest BCUT2D eigenvalue weighted by atomic mass is 9.78. The van der Waals surface area contributed by atoms with Crippen molar-refractivity contribution in [2.24, 2.45) is 5.73 Å². The van der Waals surface area contributed by atoms with Crippen LogP contribution in [0.2, 0.25) is 0 Å². The van der Waals surface area contributed by atoms with Crippen molar-refractivity contribution in [2.75, 3.05) is 45.8 Å². The molecule has 0 aliphatic carbocycles. The number of primary amides is 1. The van der Waals surface area contributed by atoms with Gasteiger partial charge in [-0.3, -0.25) is 33.6 Å². The van der Waals surface area contributed by atoms with Gasteiger partial charge in [-0.25, -0.2) is 0 Å². The molecular formula is C65H76N9O8. The fourth-order valence-electron chi connectivity index (χ4n) is 10.5. The molecule has 0 aromatic heterocycles. The van der Waals surface area contributed by atoms with E-state index in [1.54, 1.807) is 27.7 Å². The van der Waals surface area contributed by atoms with E-state index in [0.717, 1.165) is 27.3 Å². The van der Waals surface area contributed by atoms with Crippen LogP contribution >= 0.6 is 0 Å². The van der Waals surface area contributed by atoms with Gasteiger partial charge in [0.25, 0.3) is 0 Å². The largest absolute Gasteiger partial charge is 0.368 e. The molecule has 0 spiro atoms. The van der Waals surface area contributed by atoms with Crippen LogP contribution in [-0.2, 0) is 78.0 Å². The van der Waals surface area contributed by atoms with Crippen LogP contribution in [0.1, 0.15) is 73.9 Å². The fourth-order valence-corrected chi connectivity index (χ4v) is 10.5. The highest BCUT2D eigenvalue weighted by Crippen LogP contribution is 2.39.